The van der Waals surface area contributed by atoms with Crippen molar-refractivity contribution in [2.24, 2.45) is 0 Å². The van der Waals surface area contributed by atoms with E-state index in [1.54, 1.807) is 30.6 Å². The number of rotatable bonds is 4. The van der Waals surface area contributed by atoms with E-state index in [1.165, 1.54) is 24.4 Å². The van der Waals surface area contributed by atoms with Crippen molar-refractivity contribution in [1.29, 1.82) is 0 Å². The van der Waals surface area contributed by atoms with E-state index in [-0.39, 0.29) is 31.2 Å². The summed E-state index contributed by atoms with van der Waals surface area (Å²) in [5.41, 5.74) is 1.50. The number of halogens is 4. The third-order valence-corrected chi connectivity index (χ3v) is 5.61. The predicted octanol–water partition coefficient (Wildman–Crippen LogP) is 5.57. The third-order valence-electron chi connectivity index (χ3n) is 5.28. The summed E-state index contributed by atoms with van der Waals surface area (Å²) in [7, 11) is 0. The van der Waals surface area contributed by atoms with Gasteiger partial charge in [0, 0.05) is 30.2 Å². The fourth-order valence-electron chi connectivity index (χ4n) is 3.79. The maximum atomic E-state index is 13.2. The van der Waals surface area contributed by atoms with Gasteiger partial charge in [0.25, 0.3) is 0 Å². The summed E-state index contributed by atoms with van der Waals surface area (Å²) in [4.78, 5) is 33.8. The highest BCUT2D eigenvalue weighted by Gasteiger charge is 2.47. The highest BCUT2D eigenvalue weighted by molar-refractivity contribution is 6.33. The Morgan fingerprint density at radius 3 is 2.69 bits per heavy atom. The highest BCUT2D eigenvalue weighted by atomic mass is 35.5. The second-order valence-corrected chi connectivity index (χ2v) is 8.68. The standard InChI is InChI=1S/C22H22ClF3N6O3/c1-12(2)35-21(34)29-14-9-27-19-30-17(11-31(19)10-14)15-8-13(5-6-16(15)23)28-20(33)32-7-3-4-18(32)22(24,25)26/h5-6,8-12,18H,3-4,7H2,1-2H3,(H,28,33)(H,29,34). The van der Waals surface area contributed by atoms with Gasteiger partial charge in [-0.2, -0.15) is 13.2 Å². The lowest BCUT2D eigenvalue weighted by Crippen LogP contribution is -2.46. The van der Waals surface area contributed by atoms with E-state index in [1.807, 2.05) is 0 Å². The summed E-state index contributed by atoms with van der Waals surface area (Å²) in [6.45, 7) is 3.47. The molecular weight excluding hydrogens is 489 g/mol. The molecule has 0 bridgehead atoms. The van der Waals surface area contributed by atoms with Crippen LogP contribution in [0.25, 0.3) is 17.0 Å². The largest absolute Gasteiger partial charge is 0.447 e. The van der Waals surface area contributed by atoms with Gasteiger partial charge >= 0.3 is 18.3 Å². The summed E-state index contributed by atoms with van der Waals surface area (Å²) < 4.78 is 46.3. The van der Waals surface area contributed by atoms with Gasteiger partial charge in [0.15, 0.2) is 0 Å². The Morgan fingerprint density at radius 1 is 1.20 bits per heavy atom. The topological polar surface area (TPSA) is 101 Å². The number of hydrogen-bond acceptors (Lipinski definition) is 5. The maximum Gasteiger partial charge on any atom is 0.411 e. The van der Waals surface area contributed by atoms with Crippen LogP contribution in [0.15, 0.2) is 36.8 Å². The molecule has 3 amide bonds. The Labute approximate surface area is 203 Å². The van der Waals surface area contributed by atoms with Crippen molar-refractivity contribution < 1.29 is 27.5 Å². The van der Waals surface area contributed by atoms with Crippen molar-refractivity contribution in [1.82, 2.24) is 19.3 Å². The van der Waals surface area contributed by atoms with Crippen LogP contribution in [-0.4, -0.2) is 56.3 Å². The number of nitrogens with one attached hydrogen (secondary N) is 2. The molecule has 0 radical (unpaired) electrons. The molecule has 2 N–H and O–H groups in total. The number of imidazole rings is 1. The number of urea groups is 1. The lowest BCUT2D eigenvalue weighted by Gasteiger charge is -2.26. The van der Waals surface area contributed by atoms with Crippen molar-refractivity contribution in [3.63, 3.8) is 0 Å². The molecule has 0 saturated carbocycles. The summed E-state index contributed by atoms with van der Waals surface area (Å²) in [6, 6.07) is 1.90. The summed E-state index contributed by atoms with van der Waals surface area (Å²) >= 11 is 6.34. The molecule has 3 heterocycles. The number of alkyl halides is 3. The van der Waals surface area contributed by atoms with Crippen molar-refractivity contribution in [3.05, 3.63) is 41.8 Å². The number of amides is 3. The number of fused-ring (bicyclic) bond motifs is 1. The molecule has 3 aromatic rings. The van der Waals surface area contributed by atoms with E-state index in [0.717, 1.165) is 4.90 Å². The molecule has 0 aliphatic carbocycles. The van der Waals surface area contributed by atoms with Crippen molar-refractivity contribution in [2.75, 3.05) is 17.2 Å². The molecule has 1 aliphatic heterocycles. The van der Waals surface area contributed by atoms with E-state index in [9.17, 15) is 22.8 Å². The van der Waals surface area contributed by atoms with E-state index >= 15 is 0 Å². The first-order valence-electron chi connectivity index (χ1n) is 10.8. The zero-order chi connectivity index (χ0) is 25.3. The smallest absolute Gasteiger partial charge is 0.411 e. The monoisotopic (exact) mass is 510 g/mol. The van der Waals surface area contributed by atoms with Gasteiger partial charge in [-0.05, 0) is 44.9 Å². The van der Waals surface area contributed by atoms with Crippen LogP contribution in [0, 0.1) is 0 Å². The average Bonchev–Trinajstić information content (AvgIpc) is 3.41. The van der Waals surface area contributed by atoms with Gasteiger partial charge < -0.3 is 15.0 Å². The third kappa shape index (κ3) is 5.59. The predicted molar refractivity (Wildman–Crippen MR) is 123 cm³/mol. The fraction of sp³-hybridized carbons (Fsp3) is 0.364. The normalized spacial score (nSPS) is 16.1. The van der Waals surface area contributed by atoms with E-state index in [2.05, 4.69) is 20.6 Å². The highest BCUT2D eigenvalue weighted by Crippen LogP contribution is 2.34. The van der Waals surface area contributed by atoms with Crippen LogP contribution in [0.4, 0.5) is 34.1 Å². The van der Waals surface area contributed by atoms with Crippen molar-refractivity contribution in [2.45, 2.75) is 45.0 Å². The molecule has 2 aromatic heterocycles. The summed E-state index contributed by atoms with van der Waals surface area (Å²) in [5, 5.41) is 5.41. The number of carbonyl (C=O) groups is 2. The zero-order valence-corrected chi connectivity index (χ0v) is 19.5. The molecule has 186 valence electrons. The number of aromatic nitrogens is 3. The van der Waals surface area contributed by atoms with Gasteiger partial charge in [0.1, 0.15) is 6.04 Å². The molecular formula is C22H22ClF3N6O3. The number of ether oxygens (including phenoxy) is 1. The number of hydrogen-bond donors (Lipinski definition) is 2. The quantitative estimate of drug-likeness (QED) is 0.478. The van der Waals surface area contributed by atoms with E-state index < -0.39 is 24.3 Å². The van der Waals surface area contributed by atoms with Gasteiger partial charge in [-0.3, -0.25) is 9.72 Å². The molecule has 1 aromatic carbocycles. The molecule has 1 atom stereocenters. The Kier molecular flexibility index (Phi) is 6.75. The Balaban J connectivity index is 1.55. The van der Waals surface area contributed by atoms with Crippen LogP contribution in [0.3, 0.4) is 0 Å². The molecule has 1 saturated heterocycles. The van der Waals surface area contributed by atoms with Crippen LogP contribution in [-0.2, 0) is 4.74 Å². The van der Waals surface area contributed by atoms with Crippen molar-refractivity contribution in [3.8, 4) is 11.3 Å². The van der Waals surface area contributed by atoms with Crippen LogP contribution in [0.5, 0.6) is 0 Å². The summed E-state index contributed by atoms with van der Waals surface area (Å²) in [5.74, 6) is 0.318. The Hall–Kier alpha value is -3.54. The lowest BCUT2D eigenvalue weighted by molar-refractivity contribution is -0.168. The summed E-state index contributed by atoms with van der Waals surface area (Å²) in [6.07, 6.45) is -0.614. The average molecular weight is 511 g/mol. The number of benzene rings is 1. The molecule has 9 nitrogen and oxygen atoms in total. The molecule has 4 rings (SSSR count). The molecule has 13 heteroatoms. The minimum atomic E-state index is -4.48. The number of nitrogens with zero attached hydrogens (tertiary/aromatic N) is 4. The second kappa shape index (κ2) is 9.61. The SMILES string of the molecule is CC(C)OC(=O)Nc1cnc2nc(-c3cc(NC(=O)N4CCCC4C(F)(F)F)ccc3Cl)cn2c1. The van der Waals surface area contributed by atoms with E-state index in [0.29, 0.717) is 27.7 Å². The number of carbonyl (C=O) groups excluding carboxylic acids is 2. The first-order valence-corrected chi connectivity index (χ1v) is 11.2. The van der Waals surface area contributed by atoms with Crippen LogP contribution >= 0.6 is 11.6 Å². The van der Waals surface area contributed by atoms with Gasteiger partial charge in [-0.1, -0.05) is 11.6 Å². The van der Waals surface area contributed by atoms with E-state index in [4.69, 9.17) is 16.3 Å². The molecule has 1 fully saturated rings. The first kappa shape index (κ1) is 24.6. The Morgan fingerprint density at radius 2 is 1.97 bits per heavy atom. The van der Waals surface area contributed by atoms with Crippen LogP contribution in [0.1, 0.15) is 26.7 Å². The van der Waals surface area contributed by atoms with Crippen LogP contribution < -0.4 is 10.6 Å². The molecule has 1 unspecified atom stereocenters. The second-order valence-electron chi connectivity index (χ2n) is 8.27. The number of anilines is 2. The number of likely N-dealkylation sites (tertiary alicyclic amines) is 1. The first-order chi connectivity index (χ1) is 16.5. The fourth-order valence-corrected chi connectivity index (χ4v) is 4.00. The molecule has 35 heavy (non-hydrogen) atoms. The Bertz CT molecular complexity index is 1260. The zero-order valence-electron chi connectivity index (χ0n) is 18.8. The van der Waals surface area contributed by atoms with Crippen LogP contribution in [0.2, 0.25) is 5.02 Å². The van der Waals surface area contributed by atoms with Gasteiger partial charge in [-0.25, -0.2) is 19.6 Å². The van der Waals surface area contributed by atoms with Gasteiger partial charge in [0.2, 0.25) is 5.78 Å². The lowest BCUT2D eigenvalue weighted by atomic mass is 10.1. The van der Waals surface area contributed by atoms with Crippen molar-refractivity contribution >= 4 is 40.9 Å². The van der Waals surface area contributed by atoms with Gasteiger partial charge in [0.05, 0.1) is 28.7 Å². The maximum absolute atomic E-state index is 13.2. The molecule has 0 spiro atoms. The van der Waals surface area contributed by atoms with Gasteiger partial charge in [-0.15, -0.1) is 0 Å². The minimum Gasteiger partial charge on any atom is -0.447 e. The minimum absolute atomic E-state index is 0.0235. The molecule has 1 aliphatic rings.